The Morgan fingerprint density at radius 2 is 1.64 bits per heavy atom. The molecule has 0 spiro atoms. The lowest BCUT2D eigenvalue weighted by molar-refractivity contribution is 0.317. The molecule has 0 aromatic heterocycles. The summed E-state index contributed by atoms with van der Waals surface area (Å²) in [5, 5.41) is 12.7. The minimum atomic E-state index is 0.0104. The highest BCUT2D eigenvalue weighted by Crippen LogP contribution is 2.40. The Morgan fingerprint density at radius 3 is 2.23 bits per heavy atom. The summed E-state index contributed by atoms with van der Waals surface area (Å²) in [5.74, 6) is 0. The molecule has 0 bridgehead atoms. The Hall–Kier alpha value is -2.29. The zero-order valence-corrected chi connectivity index (χ0v) is 13.6. The van der Waals surface area contributed by atoms with Gasteiger partial charge in [0.1, 0.15) is 0 Å². The van der Waals surface area contributed by atoms with Crippen molar-refractivity contribution in [2.45, 2.75) is 25.7 Å². The van der Waals surface area contributed by atoms with Crippen molar-refractivity contribution in [2.75, 3.05) is 19.0 Å². The minimum Gasteiger partial charge on any atom is -0.411 e. The van der Waals surface area contributed by atoms with Gasteiger partial charge in [-0.05, 0) is 40.3 Å². The Bertz CT molecular complexity index is 728. The molecule has 0 saturated carbocycles. The smallest absolute Gasteiger partial charge is 0.0879 e. The van der Waals surface area contributed by atoms with Crippen LogP contribution in [0, 0.1) is 0 Å². The summed E-state index contributed by atoms with van der Waals surface area (Å²) in [6, 6.07) is 15.0. The first-order chi connectivity index (χ1) is 10.4. The van der Waals surface area contributed by atoms with Crippen LogP contribution in [0.3, 0.4) is 0 Å². The van der Waals surface area contributed by atoms with Gasteiger partial charge in [0.15, 0.2) is 0 Å². The van der Waals surface area contributed by atoms with E-state index >= 15 is 0 Å². The topological polar surface area (TPSA) is 35.8 Å². The largest absolute Gasteiger partial charge is 0.411 e. The van der Waals surface area contributed by atoms with Gasteiger partial charge in [-0.15, -0.1) is 0 Å². The summed E-state index contributed by atoms with van der Waals surface area (Å²) in [4.78, 5) is 2.10. The number of hydrogen-bond donors (Lipinski definition) is 1. The van der Waals surface area contributed by atoms with Crippen molar-refractivity contribution in [1.82, 2.24) is 0 Å². The van der Waals surface area contributed by atoms with Gasteiger partial charge in [-0.2, -0.15) is 0 Å². The maximum absolute atomic E-state index is 9.20. The number of rotatable bonds is 2. The third kappa shape index (κ3) is 2.37. The molecule has 0 fully saturated rings. The van der Waals surface area contributed by atoms with Crippen LogP contribution in [0.1, 0.15) is 31.4 Å². The van der Waals surface area contributed by atoms with Gasteiger partial charge in [-0.1, -0.05) is 43.3 Å². The SMILES string of the molecule is CN(C)c1ccc(-c2ccc3c(c2)C(C)(C)C/C3=N\O)cc1. The number of anilines is 1. The van der Waals surface area contributed by atoms with Crippen molar-refractivity contribution in [2.24, 2.45) is 5.16 Å². The van der Waals surface area contributed by atoms with E-state index < -0.39 is 0 Å². The summed E-state index contributed by atoms with van der Waals surface area (Å²) < 4.78 is 0. The lowest BCUT2D eigenvalue weighted by Gasteiger charge is -2.19. The second-order valence-electron chi connectivity index (χ2n) is 6.81. The maximum atomic E-state index is 9.20. The number of fused-ring (bicyclic) bond motifs is 1. The average molecular weight is 294 g/mol. The van der Waals surface area contributed by atoms with E-state index in [4.69, 9.17) is 0 Å². The van der Waals surface area contributed by atoms with Crippen LogP contribution >= 0.6 is 0 Å². The van der Waals surface area contributed by atoms with E-state index in [0.717, 1.165) is 17.7 Å². The molecule has 0 radical (unpaired) electrons. The quantitative estimate of drug-likeness (QED) is 0.663. The summed E-state index contributed by atoms with van der Waals surface area (Å²) in [7, 11) is 4.09. The molecule has 3 nitrogen and oxygen atoms in total. The van der Waals surface area contributed by atoms with Crippen LogP contribution in [0.5, 0.6) is 0 Å². The van der Waals surface area contributed by atoms with E-state index in [0.29, 0.717) is 0 Å². The van der Waals surface area contributed by atoms with Gasteiger partial charge in [0, 0.05) is 31.8 Å². The lowest BCUT2D eigenvalue weighted by atomic mass is 9.85. The minimum absolute atomic E-state index is 0.0104. The van der Waals surface area contributed by atoms with Crippen LogP contribution in [-0.2, 0) is 5.41 Å². The first-order valence-electron chi connectivity index (χ1n) is 7.56. The fourth-order valence-corrected chi connectivity index (χ4v) is 3.19. The summed E-state index contributed by atoms with van der Waals surface area (Å²) in [6.45, 7) is 4.39. The molecule has 1 aliphatic rings. The van der Waals surface area contributed by atoms with Crippen LogP contribution in [-0.4, -0.2) is 25.0 Å². The average Bonchev–Trinajstić information content (AvgIpc) is 2.78. The van der Waals surface area contributed by atoms with Crippen LogP contribution in [0.25, 0.3) is 11.1 Å². The summed E-state index contributed by atoms with van der Waals surface area (Å²) in [5.41, 5.74) is 6.73. The molecular weight excluding hydrogens is 272 g/mol. The molecule has 2 aromatic carbocycles. The molecular formula is C19H22N2O. The van der Waals surface area contributed by atoms with E-state index in [9.17, 15) is 5.21 Å². The van der Waals surface area contributed by atoms with Gasteiger partial charge in [0.2, 0.25) is 0 Å². The molecule has 0 unspecified atom stereocenters. The van der Waals surface area contributed by atoms with E-state index in [2.05, 4.69) is 66.4 Å². The number of nitrogens with zero attached hydrogens (tertiary/aromatic N) is 2. The summed E-state index contributed by atoms with van der Waals surface area (Å²) in [6.07, 6.45) is 0.780. The fourth-order valence-electron chi connectivity index (χ4n) is 3.19. The molecule has 2 aromatic rings. The van der Waals surface area contributed by atoms with Gasteiger partial charge in [-0.25, -0.2) is 0 Å². The molecule has 1 N–H and O–H groups in total. The maximum Gasteiger partial charge on any atom is 0.0879 e. The number of oxime groups is 1. The van der Waals surface area contributed by atoms with Crippen molar-refractivity contribution in [3.8, 4) is 11.1 Å². The zero-order chi connectivity index (χ0) is 15.9. The summed E-state index contributed by atoms with van der Waals surface area (Å²) >= 11 is 0. The second kappa shape index (κ2) is 5.16. The number of benzene rings is 2. The second-order valence-corrected chi connectivity index (χ2v) is 6.81. The van der Waals surface area contributed by atoms with Crippen LogP contribution in [0.2, 0.25) is 0 Å². The third-order valence-electron chi connectivity index (χ3n) is 4.51. The molecule has 3 rings (SSSR count). The first-order valence-corrected chi connectivity index (χ1v) is 7.56. The highest BCUT2D eigenvalue weighted by molar-refractivity contribution is 6.06. The van der Waals surface area contributed by atoms with E-state index in [1.54, 1.807) is 0 Å². The molecule has 0 amide bonds. The molecule has 0 heterocycles. The standard InChI is InChI=1S/C19H22N2O/c1-19(2)12-18(20-22)16-10-7-14(11-17(16)19)13-5-8-15(9-6-13)21(3)4/h5-11,22H,12H2,1-4H3/b20-18+. The van der Waals surface area contributed by atoms with Crippen LogP contribution in [0.4, 0.5) is 5.69 Å². The number of hydrogen-bond acceptors (Lipinski definition) is 3. The van der Waals surface area contributed by atoms with Crippen molar-refractivity contribution < 1.29 is 5.21 Å². The van der Waals surface area contributed by atoms with Crippen LogP contribution in [0.15, 0.2) is 47.6 Å². The van der Waals surface area contributed by atoms with Gasteiger partial charge < -0.3 is 10.1 Å². The highest BCUT2D eigenvalue weighted by atomic mass is 16.4. The van der Waals surface area contributed by atoms with Crippen molar-refractivity contribution in [3.05, 3.63) is 53.6 Å². The fraction of sp³-hybridized carbons (Fsp3) is 0.316. The Labute approximate surface area is 131 Å². The van der Waals surface area contributed by atoms with Crippen molar-refractivity contribution in [1.29, 1.82) is 0 Å². The van der Waals surface area contributed by atoms with Gasteiger partial charge in [-0.3, -0.25) is 0 Å². The first kappa shape index (κ1) is 14.6. The monoisotopic (exact) mass is 294 g/mol. The Kier molecular flexibility index (Phi) is 3.44. The third-order valence-corrected chi connectivity index (χ3v) is 4.51. The predicted molar refractivity (Wildman–Crippen MR) is 92.2 cm³/mol. The Morgan fingerprint density at radius 1 is 1.00 bits per heavy atom. The molecule has 0 atom stereocenters. The molecule has 3 heteroatoms. The van der Waals surface area contributed by atoms with E-state index in [1.807, 2.05) is 14.1 Å². The van der Waals surface area contributed by atoms with Gasteiger partial charge in [0.25, 0.3) is 0 Å². The molecule has 1 aliphatic carbocycles. The van der Waals surface area contributed by atoms with Gasteiger partial charge >= 0.3 is 0 Å². The zero-order valence-electron chi connectivity index (χ0n) is 13.6. The Balaban J connectivity index is 2.04. The van der Waals surface area contributed by atoms with Crippen molar-refractivity contribution >= 4 is 11.4 Å². The predicted octanol–water partition coefficient (Wildman–Crippen LogP) is 4.28. The molecule has 0 saturated heterocycles. The van der Waals surface area contributed by atoms with E-state index in [-0.39, 0.29) is 5.41 Å². The lowest BCUT2D eigenvalue weighted by Crippen LogP contribution is -2.12. The van der Waals surface area contributed by atoms with Gasteiger partial charge in [0.05, 0.1) is 5.71 Å². The highest BCUT2D eigenvalue weighted by Gasteiger charge is 2.34. The van der Waals surface area contributed by atoms with Crippen LogP contribution < -0.4 is 4.90 Å². The molecule has 0 aliphatic heterocycles. The molecule has 22 heavy (non-hydrogen) atoms. The molecule has 114 valence electrons. The van der Waals surface area contributed by atoms with E-state index in [1.165, 1.54) is 22.4 Å². The normalized spacial score (nSPS) is 17.5. The van der Waals surface area contributed by atoms with Crippen molar-refractivity contribution in [3.63, 3.8) is 0 Å².